The summed E-state index contributed by atoms with van der Waals surface area (Å²) in [6, 6.07) is 14.6. The zero-order valence-electron chi connectivity index (χ0n) is 18.6. The van der Waals surface area contributed by atoms with Crippen LogP contribution in [0, 0.1) is 5.92 Å². The first-order chi connectivity index (χ1) is 15.4. The fourth-order valence-electron chi connectivity index (χ4n) is 3.76. The molecule has 0 unspecified atom stereocenters. The van der Waals surface area contributed by atoms with E-state index in [0.717, 1.165) is 35.1 Å². The topological polar surface area (TPSA) is 110 Å². The Morgan fingerprint density at radius 2 is 1.75 bits per heavy atom. The van der Waals surface area contributed by atoms with Crippen molar-refractivity contribution in [3.63, 3.8) is 0 Å². The van der Waals surface area contributed by atoms with Crippen LogP contribution in [0.2, 0.25) is 0 Å². The Balaban J connectivity index is 1.87. The summed E-state index contributed by atoms with van der Waals surface area (Å²) in [5.41, 5.74) is 3.59. The van der Waals surface area contributed by atoms with E-state index in [9.17, 15) is 14.7 Å². The first-order valence-corrected chi connectivity index (χ1v) is 10.8. The molecule has 32 heavy (non-hydrogen) atoms. The van der Waals surface area contributed by atoms with Crippen molar-refractivity contribution in [1.82, 2.24) is 25.5 Å². The van der Waals surface area contributed by atoms with Gasteiger partial charge >= 0.3 is 5.97 Å². The number of hydrogen-bond donors (Lipinski definition) is 1. The monoisotopic (exact) mass is 434 g/mol. The van der Waals surface area contributed by atoms with Gasteiger partial charge in [0.25, 0.3) is 0 Å². The van der Waals surface area contributed by atoms with Gasteiger partial charge in [0.05, 0.1) is 0 Å². The predicted molar refractivity (Wildman–Crippen MR) is 120 cm³/mol. The lowest BCUT2D eigenvalue weighted by molar-refractivity contribution is -0.153. The Labute approximate surface area is 187 Å². The highest BCUT2D eigenvalue weighted by atomic mass is 16.4. The maximum atomic E-state index is 12.9. The van der Waals surface area contributed by atoms with Crippen LogP contribution in [0.5, 0.6) is 0 Å². The normalized spacial score (nSPS) is 12.0. The van der Waals surface area contributed by atoms with Gasteiger partial charge in [0.1, 0.15) is 6.04 Å². The Bertz CT molecular complexity index is 1030. The van der Waals surface area contributed by atoms with Gasteiger partial charge in [-0.3, -0.25) is 15.1 Å². The number of tetrazole rings is 1. The molecule has 1 heterocycles. The van der Waals surface area contributed by atoms with Gasteiger partial charge in [-0.2, -0.15) is 5.21 Å². The van der Waals surface area contributed by atoms with Crippen molar-refractivity contribution in [2.24, 2.45) is 5.92 Å². The molecular weight excluding hydrogens is 406 g/mol. The first-order valence-electron chi connectivity index (χ1n) is 10.8. The highest BCUT2D eigenvalue weighted by Gasteiger charge is 2.32. The minimum absolute atomic E-state index is 0.129. The number of carbonyl (C=O) groups excluding carboxylic acids is 1. The molecule has 1 aromatic heterocycles. The van der Waals surface area contributed by atoms with E-state index in [-0.39, 0.29) is 18.4 Å². The average molecular weight is 435 g/mol. The largest absolute Gasteiger partial charge is 0.480 e. The average Bonchev–Trinajstić information content (AvgIpc) is 3.32. The number of carboxylic acid groups (broad SMARTS) is 1. The van der Waals surface area contributed by atoms with Gasteiger partial charge in [-0.25, -0.2) is 4.79 Å². The van der Waals surface area contributed by atoms with Crippen LogP contribution in [-0.4, -0.2) is 43.5 Å². The van der Waals surface area contributed by atoms with Crippen molar-refractivity contribution in [3.05, 3.63) is 54.1 Å². The Hall–Kier alpha value is -3.55. The smallest absolute Gasteiger partial charge is 0.326 e. The lowest BCUT2D eigenvalue weighted by atomic mass is 9.97. The number of benzene rings is 2. The van der Waals surface area contributed by atoms with Crippen LogP contribution in [0.1, 0.15) is 45.6 Å². The van der Waals surface area contributed by atoms with E-state index in [0.29, 0.717) is 12.2 Å². The molecule has 3 rings (SSSR count). The minimum Gasteiger partial charge on any atom is -0.480 e. The van der Waals surface area contributed by atoms with Crippen LogP contribution in [0.25, 0.3) is 22.5 Å². The molecule has 3 aromatic rings. The lowest BCUT2D eigenvalue weighted by Gasteiger charge is -2.32. The summed E-state index contributed by atoms with van der Waals surface area (Å²) in [5, 5.41) is 24.8. The molecule has 0 fully saturated rings. The molecule has 0 aliphatic heterocycles. The molecule has 0 aliphatic carbocycles. The lowest BCUT2D eigenvalue weighted by Crippen LogP contribution is -2.47. The third kappa shape index (κ3) is 5.38. The molecule has 8 nitrogen and oxygen atoms in total. The fraction of sp³-hybridized carbons (Fsp3) is 0.375. The number of aromatic nitrogens is 4. The van der Waals surface area contributed by atoms with E-state index in [1.807, 2.05) is 69.3 Å². The van der Waals surface area contributed by atoms with Crippen LogP contribution in [0.4, 0.5) is 0 Å². The molecule has 0 saturated heterocycles. The number of amides is 1. The zero-order valence-corrected chi connectivity index (χ0v) is 18.6. The summed E-state index contributed by atoms with van der Waals surface area (Å²) in [7, 11) is 0. The molecular formula is C24H28N5O3-. The maximum Gasteiger partial charge on any atom is 0.326 e. The summed E-state index contributed by atoms with van der Waals surface area (Å²) < 4.78 is 0. The van der Waals surface area contributed by atoms with Crippen molar-refractivity contribution in [2.75, 3.05) is 0 Å². The third-order valence-electron chi connectivity index (χ3n) is 5.39. The second kappa shape index (κ2) is 10.7. The van der Waals surface area contributed by atoms with Gasteiger partial charge in [-0.05, 0) is 34.6 Å². The number of unbranched alkanes of at least 4 members (excludes halogenated alkanes) is 1. The van der Waals surface area contributed by atoms with Crippen LogP contribution < -0.4 is 5.10 Å². The first kappa shape index (κ1) is 23.1. The molecule has 0 aliphatic rings. The third-order valence-corrected chi connectivity index (χ3v) is 5.39. The number of rotatable bonds is 10. The predicted octanol–water partition coefficient (Wildman–Crippen LogP) is 3.79. The van der Waals surface area contributed by atoms with Crippen LogP contribution in [0.3, 0.4) is 0 Å². The summed E-state index contributed by atoms with van der Waals surface area (Å²) in [4.78, 5) is 26.3. The van der Waals surface area contributed by atoms with E-state index >= 15 is 0 Å². The van der Waals surface area contributed by atoms with E-state index in [1.54, 1.807) is 0 Å². The number of nitrogens with zero attached hydrogens (tertiary/aromatic N) is 5. The summed E-state index contributed by atoms with van der Waals surface area (Å²) in [6.07, 6.45) is 1.97. The Morgan fingerprint density at radius 3 is 2.31 bits per heavy atom. The van der Waals surface area contributed by atoms with E-state index < -0.39 is 12.0 Å². The van der Waals surface area contributed by atoms with Crippen LogP contribution in [0.15, 0.2) is 48.5 Å². The van der Waals surface area contributed by atoms with Gasteiger partial charge in [-0.15, -0.1) is 0 Å². The number of carboxylic acids is 1. The molecule has 168 valence electrons. The highest BCUT2D eigenvalue weighted by molar-refractivity contribution is 5.84. The van der Waals surface area contributed by atoms with Crippen molar-refractivity contribution in [2.45, 2.75) is 52.6 Å². The van der Waals surface area contributed by atoms with Crippen LogP contribution in [-0.2, 0) is 16.1 Å². The summed E-state index contributed by atoms with van der Waals surface area (Å²) >= 11 is 0. The SMILES string of the molecule is CCCCC(=O)N(Cc1ccc(-c2ccccc2-c2nnn[n-]2)cc1)[C@@H](C(=O)O)C(C)C. The number of carbonyl (C=O) groups is 2. The summed E-state index contributed by atoms with van der Waals surface area (Å²) in [6.45, 7) is 5.92. The van der Waals surface area contributed by atoms with Crippen molar-refractivity contribution in [3.8, 4) is 22.5 Å². The van der Waals surface area contributed by atoms with Crippen molar-refractivity contribution in [1.29, 1.82) is 0 Å². The molecule has 1 atom stereocenters. The van der Waals surface area contributed by atoms with E-state index in [1.165, 1.54) is 4.90 Å². The highest BCUT2D eigenvalue weighted by Crippen LogP contribution is 2.30. The van der Waals surface area contributed by atoms with Crippen molar-refractivity contribution >= 4 is 11.9 Å². The van der Waals surface area contributed by atoms with Gasteiger partial charge in [0.15, 0.2) is 0 Å². The molecule has 0 bridgehead atoms. The Kier molecular flexibility index (Phi) is 7.70. The Morgan fingerprint density at radius 1 is 1.06 bits per heavy atom. The van der Waals surface area contributed by atoms with Gasteiger partial charge in [0, 0.05) is 18.8 Å². The molecule has 2 aromatic carbocycles. The van der Waals surface area contributed by atoms with Gasteiger partial charge in [-0.1, -0.05) is 75.7 Å². The quantitative estimate of drug-likeness (QED) is 0.517. The fourth-order valence-corrected chi connectivity index (χ4v) is 3.76. The zero-order chi connectivity index (χ0) is 23.1. The second-order valence-corrected chi connectivity index (χ2v) is 8.10. The molecule has 1 amide bonds. The molecule has 0 spiro atoms. The van der Waals surface area contributed by atoms with E-state index in [4.69, 9.17) is 0 Å². The van der Waals surface area contributed by atoms with Crippen LogP contribution >= 0.6 is 0 Å². The van der Waals surface area contributed by atoms with Gasteiger partial charge < -0.3 is 15.1 Å². The molecule has 1 N–H and O–H groups in total. The van der Waals surface area contributed by atoms with Gasteiger partial charge in [0.2, 0.25) is 5.91 Å². The second-order valence-electron chi connectivity index (χ2n) is 8.10. The van der Waals surface area contributed by atoms with Crippen molar-refractivity contribution < 1.29 is 14.7 Å². The molecule has 0 radical (unpaired) electrons. The summed E-state index contributed by atoms with van der Waals surface area (Å²) in [5.74, 6) is -0.849. The number of hydrogen-bond acceptors (Lipinski definition) is 5. The van der Waals surface area contributed by atoms with E-state index in [2.05, 4.69) is 20.6 Å². The molecule has 0 saturated carbocycles. The molecule has 8 heteroatoms. The minimum atomic E-state index is -0.979. The maximum absolute atomic E-state index is 12.9. The number of aliphatic carboxylic acids is 1. The standard InChI is InChI=1S/C24H29N5O3/c1-4-5-10-21(30)29(22(16(2)3)24(31)32)15-17-11-13-18(14-12-17)19-8-6-7-9-20(19)23-25-27-28-26-23/h6-9,11-14,16,22H,4-5,10,15H2,1-3H3,(H2,25,26,27,28,31,32)/p-1/t22-/m1/s1.